The van der Waals surface area contributed by atoms with Crippen molar-refractivity contribution in [2.45, 2.75) is 72.1 Å². The van der Waals surface area contributed by atoms with E-state index in [-0.39, 0.29) is 23.3 Å². The Morgan fingerprint density at radius 2 is 1.60 bits per heavy atom. The first-order chi connectivity index (χ1) is 18.7. The highest BCUT2D eigenvalue weighted by Crippen LogP contribution is 2.43. The topological polar surface area (TPSA) is 76.1 Å². The number of para-hydroxylation sites is 1. The number of rotatable bonds is 6. The molecule has 1 fully saturated rings. The van der Waals surface area contributed by atoms with E-state index in [2.05, 4.69) is 20.8 Å². The summed E-state index contributed by atoms with van der Waals surface area (Å²) in [4.78, 5) is 28.9. The number of methoxy groups -OCH3 is 1. The maximum atomic E-state index is 13.7. The highest BCUT2D eigenvalue weighted by Gasteiger charge is 2.46. The predicted molar refractivity (Wildman–Crippen MR) is 158 cm³/mol. The molecule has 40 heavy (non-hydrogen) atoms. The Morgan fingerprint density at radius 1 is 0.900 bits per heavy atom. The molecule has 0 saturated carbocycles. The molecule has 1 heterocycles. The third-order valence-electron chi connectivity index (χ3n) is 6.95. The maximum absolute atomic E-state index is 13.7. The summed E-state index contributed by atoms with van der Waals surface area (Å²) in [5, 5.41) is 11.8. The van der Waals surface area contributed by atoms with Crippen LogP contribution in [0.2, 0.25) is 0 Å². The maximum Gasteiger partial charge on any atom is 0.295 e. The number of nitrogens with zero attached hydrogens (tertiary/aromatic N) is 1. The SMILES string of the molecule is COc1ccc(C(C)(C)C)cc1/C(O)=C1\C(=O)C(=O)N(Cc2ccccc2OC(C)(C)C)C1c1cccc(C)c1. The van der Waals surface area contributed by atoms with Crippen LogP contribution in [0.5, 0.6) is 11.5 Å². The molecule has 1 aliphatic rings. The second kappa shape index (κ2) is 10.8. The van der Waals surface area contributed by atoms with Crippen molar-refractivity contribution in [1.29, 1.82) is 0 Å². The molecule has 210 valence electrons. The molecule has 0 aromatic heterocycles. The Labute approximate surface area is 237 Å². The number of likely N-dealkylation sites (tertiary alicyclic amines) is 1. The molecule has 1 unspecified atom stereocenters. The van der Waals surface area contributed by atoms with Gasteiger partial charge in [-0.25, -0.2) is 0 Å². The summed E-state index contributed by atoms with van der Waals surface area (Å²) in [7, 11) is 1.52. The molecule has 0 spiro atoms. The molecule has 4 rings (SSSR count). The van der Waals surface area contributed by atoms with Crippen molar-refractivity contribution in [3.05, 3.63) is 100 Å². The summed E-state index contributed by atoms with van der Waals surface area (Å²) in [6.45, 7) is 14.2. The van der Waals surface area contributed by atoms with Crippen molar-refractivity contribution in [3.63, 3.8) is 0 Å². The summed E-state index contributed by atoms with van der Waals surface area (Å²) in [5.74, 6) is -0.608. The third kappa shape index (κ3) is 5.91. The summed E-state index contributed by atoms with van der Waals surface area (Å²) in [5.41, 5.74) is 3.20. The van der Waals surface area contributed by atoms with Crippen LogP contribution in [0.25, 0.3) is 5.76 Å². The molecule has 3 aromatic rings. The molecule has 0 aliphatic carbocycles. The zero-order valence-corrected chi connectivity index (χ0v) is 24.7. The van der Waals surface area contributed by atoms with Crippen molar-refractivity contribution in [2.24, 2.45) is 0 Å². The molecule has 0 bridgehead atoms. The van der Waals surface area contributed by atoms with Gasteiger partial charge >= 0.3 is 0 Å². The first-order valence-corrected chi connectivity index (χ1v) is 13.5. The number of ketones is 1. The predicted octanol–water partition coefficient (Wildman–Crippen LogP) is 7.10. The van der Waals surface area contributed by atoms with Crippen LogP contribution >= 0.6 is 0 Å². The van der Waals surface area contributed by atoms with E-state index in [9.17, 15) is 14.7 Å². The second-order valence-electron chi connectivity index (χ2n) is 12.3. The van der Waals surface area contributed by atoms with Crippen molar-refractivity contribution in [3.8, 4) is 11.5 Å². The Balaban J connectivity index is 1.92. The van der Waals surface area contributed by atoms with E-state index in [0.717, 1.165) is 22.3 Å². The van der Waals surface area contributed by atoms with Gasteiger partial charge in [-0.05, 0) is 62.4 Å². The second-order valence-corrected chi connectivity index (χ2v) is 12.3. The number of aliphatic hydroxyl groups is 1. The number of aliphatic hydroxyl groups excluding tert-OH is 1. The fraction of sp³-hybridized carbons (Fsp3) is 0.353. The fourth-order valence-electron chi connectivity index (χ4n) is 4.98. The van der Waals surface area contributed by atoms with Gasteiger partial charge in [-0.2, -0.15) is 0 Å². The summed E-state index contributed by atoms with van der Waals surface area (Å²) >= 11 is 0. The first-order valence-electron chi connectivity index (χ1n) is 13.5. The minimum absolute atomic E-state index is 0.0363. The summed E-state index contributed by atoms with van der Waals surface area (Å²) < 4.78 is 11.8. The van der Waals surface area contributed by atoms with E-state index in [1.165, 1.54) is 12.0 Å². The van der Waals surface area contributed by atoms with Gasteiger partial charge in [0, 0.05) is 5.56 Å². The van der Waals surface area contributed by atoms with E-state index >= 15 is 0 Å². The van der Waals surface area contributed by atoms with E-state index in [4.69, 9.17) is 9.47 Å². The van der Waals surface area contributed by atoms with Crippen molar-refractivity contribution < 1.29 is 24.2 Å². The number of amides is 1. The molecular weight excluding hydrogens is 502 g/mol. The molecule has 6 nitrogen and oxygen atoms in total. The molecule has 1 aliphatic heterocycles. The average molecular weight is 542 g/mol. The van der Waals surface area contributed by atoms with Crippen LogP contribution in [0.3, 0.4) is 0 Å². The van der Waals surface area contributed by atoms with E-state index in [0.29, 0.717) is 17.1 Å². The van der Waals surface area contributed by atoms with Gasteiger partial charge in [0.1, 0.15) is 22.9 Å². The molecular formula is C34H39NO5. The first kappa shape index (κ1) is 28.9. The van der Waals surface area contributed by atoms with Crippen molar-refractivity contribution >= 4 is 17.4 Å². The Kier molecular flexibility index (Phi) is 7.84. The van der Waals surface area contributed by atoms with Gasteiger partial charge in [0.2, 0.25) is 0 Å². The minimum Gasteiger partial charge on any atom is -0.507 e. The van der Waals surface area contributed by atoms with Gasteiger partial charge in [-0.3, -0.25) is 9.59 Å². The van der Waals surface area contributed by atoms with Crippen molar-refractivity contribution in [1.82, 2.24) is 4.90 Å². The Morgan fingerprint density at radius 3 is 2.23 bits per heavy atom. The summed E-state index contributed by atoms with van der Waals surface area (Å²) in [6, 6.07) is 19.9. The Hall–Kier alpha value is -4.06. The van der Waals surface area contributed by atoms with Crippen LogP contribution in [0.15, 0.2) is 72.3 Å². The number of benzene rings is 3. The number of carbonyl (C=O) groups excluding carboxylic acids is 2. The van der Waals surface area contributed by atoms with Crippen LogP contribution in [0, 0.1) is 6.92 Å². The number of hydrogen-bond acceptors (Lipinski definition) is 5. The van der Waals surface area contributed by atoms with E-state index in [1.807, 2.05) is 88.4 Å². The number of Topliss-reactive ketones (excluding diaryl/α,β-unsaturated/α-hetero) is 1. The van der Waals surface area contributed by atoms with Crippen molar-refractivity contribution in [2.75, 3.05) is 7.11 Å². The van der Waals surface area contributed by atoms with E-state index < -0.39 is 23.3 Å². The Bertz CT molecular complexity index is 1470. The lowest BCUT2D eigenvalue weighted by atomic mass is 9.85. The lowest BCUT2D eigenvalue weighted by Gasteiger charge is -2.28. The number of aryl methyl sites for hydroxylation is 1. The normalized spacial score (nSPS) is 17.3. The molecule has 0 radical (unpaired) electrons. The quantitative estimate of drug-likeness (QED) is 0.205. The molecule has 1 N–H and O–H groups in total. The zero-order chi connectivity index (χ0) is 29.4. The lowest BCUT2D eigenvalue weighted by Crippen LogP contribution is -2.30. The van der Waals surface area contributed by atoms with Gasteiger partial charge in [0.15, 0.2) is 0 Å². The highest BCUT2D eigenvalue weighted by atomic mass is 16.5. The molecule has 1 saturated heterocycles. The largest absolute Gasteiger partial charge is 0.507 e. The number of hydrogen-bond donors (Lipinski definition) is 1. The number of ether oxygens (including phenoxy) is 2. The van der Waals surface area contributed by atoms with Crippen LogP contribution in [-0.4, -0.2) is 34.4 Å². The molecule has 1 atom stereocenters. The lowest BCUT2D eigenvalue weighted by molar-refractivity contribution is -0.140. The molecule has 6 heteroatoms. The van der Waals surface area contributed by atoms with Gasteiger partial charge in [-0.15, -0.1) is 0 Å². The fourth-order valence-corrected chi connectivity index (χ4v) is 4.98. The van der Waals surface area contributed by atoms with Gasteiger partial charge in [0.25, 0.3) is 11.7 Å². The van der Waals surface area contributed by atoms with Crippen LogP contribution in [-0.2, 0) is 21.5 Å². The van der Waals surface area contributed by atoms with Crippen LogP contribution in [0.1, 0.15) is 75.4 Å². The smallest absolute Gasteiger partial charge is 0.295 e. The standard InChI is InChI=1S/C34H39NO5/c1-21-12-11-14-22(18-21)29-28(30(36)25-19-24(33(2,3)4)16-17-27(25)39-8)31(37)32(38)35(29)20-23-13-9-10-15-26(23)40-34(5,6)7/h9-19,29,36H,20H2,1-8H3/b30-28+. The summed E-state index contributed by atoms with van der Waals surface area (Å²) in [6.07, 6.45) is 0. The third-order valence-corrected chi connectivity index (χ3v) is 6.95. The number of carbonyl (C=O) groups is 2. The van der Waals surface area contributed by atoms with Crippen LogP contribution in [0.4, 0.5) is 0 Å². The molecule has 1 amide bonds. The minimum atomic E-state index is -0.800. The monoisotopic (exact) mass is 541 g/mol. The zero-order valence-electron chi connectivity index (χ0n) is 24.7. The molecule has 3 aromatic carbocycles. The average Bonchev–Trinajstić information content (AvgIpc) is 3.12. The van der Waals surface area contributed by atoms with Crippen LogP contribution < -0.4 is 9.47 Å². The van der Waals surface area contributed by atoms with Gasteiger partial charge in [-0.1, -0.05) is 74.9 Å². The van der Waals surface area contributed by atoms with E-state index in [1.54, 1.807) is 6.07 Å². The highest BCUT2D eigenvalue weighted by molar-refractivity contribution is 6.46. The van der Waals surface area contributed by atoms with Gasteiger partial charge < -0.3 is 19.5 Å². The van der Waals surface area contributed by atoms with Gasteiger partial charge in [0.05, 0.1) is 30.8 Å².